The molecule has 14 atom stereocenters. The van der Waals surface area contributed by atoms with Crippen molar-refractivity contribution in [1.82, 2.24) is 0 Å². The van der Waals surface area contributed by atoms with Crippen molar-refractivity contribution in [3.05, 3.63) is 36.5 Å². The van der Waals surface area contributed by atoms with Crippen LogP contribution in [0.5, 0.6) is 0 Å². The molecule has 4 nitrogen and oxygen atoms in total. The first kappa shape index (κ1) is 15.2. The van der Waals surface area contributed by atoms with Crippen molar-refractivity contribution in [2.45, 2.75) is 0 Å². The van der Waals surface area contributed by atoms with Crippen LogP contribution in [0.2, 0.25) is 0 Å². The van der Waals surface area contributed by atoms with Crippen LogP contribution >= 0.6 is 0 Å². The Bertz CT molecular complexity index is 832. The fourth-order valence-corrected chi connectivity index (χ4v) is 9.67. The topological polar surface area (TPSA) is 52.6 Å². The zero-order valence-corrected chi connectivity index (χ0v) is 15.6. The summed E-state index contributed by atoms with van der Waals surface area (Å²) >= 11 is 0. The van der Waals surface area contributed by atoms with Gasteiger partial charge >= 0.3 is 11.9 Å². The van der Waals surface area contributed by atoms with Gasteiger partial charge < -0.3 is 9.47 Å². The molecule has 0 unspecified atom stereocenters. The Labute approximate surface area is 164 Å². The molecule has 3 saturated carbocycles. The lowest BCUT2D eigenvalue weighted by Gasteiger charge is -2.68. The number of rotatable bonds is 0. The van der Waals surface area contributed by atoms with Gasteiger partial charge in [0.05, 0.1) is 25.0 Å². The number of esters is 2. The van der Waals surface area contributed by atoms with Crippen LogP contribution in [0.25, 0.3) is 0 Å². The summed E-state index contributed by atoms with van der Waals surface area (Å²) in [7, 11) is 0. The summed E-state index contributed by atoms with van der Waals surface area (Å²) in [4.78, 5) is 25.1. The van der Waals surface area contributed by atoms with Gasteiger partial charge in [0.2, 0.25) is 0 Å². The van der Waals surface area contributed by atoms with E-state index in [0.717, 1.165) is 13.2 Å². The van der Waals surface area contributed by atoms with Crippen molar-refractivity contribution in [3.63, 3.8) is 0 Å². The van der Waals surface area contributed by atoms with Gasteiger partial charge in [-0.3, -0.25) is 9.59 Å². The maximum atomic E-state index is 12.5. The van der Waals surface area contributed by atoms with Crippen LogP contribution < -0.4 is 0 Å². The SMILES string of the molecule is O=C1OC(=O)[C@H]2[C@H]3C=C[C@@H]([C@@H]12)[C@@H]1[C@@H]2C=C[C@H]([C@H]31)[C@H]1[C@H]3C=C[C@H]([C@@H]4COC[C@H]34)[C@@H]21. The van der Waals surface area contributed by atoms with Gasteiger partial charge in [-0.05, 0) is 71.0 Å². The zero-order valence-electron chi connectivity index (χ0n) is 15.6. The standard InChI is InChI=1S/C24H24O4/c25-23-21-13-5-6-14(22(21)24(26)28-23)20-12-4-3-11(19(13)20)17-9-1-2-10(18(12)17)16-8-27-7-15(9)16/h1-6,9-22H,7-8H2/t9-,10+,11-,12+,13-,14+,15+,16-,17+,18-,19+,20-,21-,22+. The minimum absolute atomic E-state index is 0.178. The molecule has 11 aliphatic rings. The van der Waals surface area contributed by atoms with E-state index in [4.69, 9.17) is 9.47 Å². The van der Waals surface area contributed by atoms with Crippen LogP contribution in [0.3, 0.4) is 0 Å². The van der Waals surface area contributed by atoms with Gasteiger partial charge in [0.25, 0.3) is 0 Å². The van der Waals surface area contributed by atoms with E-state index < -0.39 is 0 Å². The minimum Gasteiger partial charge on any atom is -0.393 e. The van der Waals surface area contributed by atoms with Gasteiger partial charge in [-0.25, -0.2) is 0 Å². The Hall–Kier alpha value is -1.68. The summed E-state index contributed by atoms with van der Waals surface area (Å²) in [5, 5.41) is 0. The molecule has 0 N–H and O–H groups in total. The Morgan fingerprint density at radius 2 is 0.964 bits per heavy atom. The molecule has 11 rings (SSSR count). The first-order valence-corrected chi connectivity index (χ1v) is 11.1. The molecule has 0 aromatic rings. The molecule has 5 fully saturated rings. The van der Waals surface area contributed by atoms with Crippen LogP contribution in [0.1, 0.15) is 0 Å². The van der Waals surface area contributed by atoms with E-state index in [0.29, 0.717) is 59.2 Å². The maximum absolute atomic E-state index is 12.5. The number of hydrogen-bond donors (Lipinski definition) is 0. The Kier molecular flexibility index (Phi) is 2.56. The van der Waals surface area contributed by atoms with E-state index >= 15 is 0 Å². The number of ether oxygens (including phenoxy) is 2. The third-order valence-corrected chi connectivity index (χ3v) is 10.2. The lowest BCUT2D eigenvalue weighted by atomic mass is 9.35. The molecule has 4 heteroatoms. The second-order valence-electron chi connectivity index (χ2n) is 10.6. The van der Waals surface area contributed by atoms with Crippen molar-refractivity contribution >= 4 is 11.9 Å². The quantitative estimate of drug-likeness (QED) is 0.370. The van der Waals surface area contributed by atoms with E-state index in [-0.39, 0.29) is 35.6 Å². The largest absolute Gasteiger partial charge is 0.393 e. The first-order valence-electron chi connectivity index (χ1n) is 11.1. The van der Waals surface area contributed by atoms with Crippen LogP contribution in [-0.4, -0.2) is 25.2 Å². The number of carbonyl (C=O) groups excluding carboxylic acids is 2. The Morgan fingerprint density at radius 1 is 0.571 bits per heavy atom. The molecule has 2 aliphatic heterocycles. The molecule has 0 aromatic carbocycles. The molecule has 6 bridgehead atoms. The highest BCUT2D eigenvalue weighted by atomic mass is 16.6. The number of carbonyl (C=O) groups is 2. The fourth-order valence-electron chi connectivity index (χ4n) is 9.67. The number of cyclic esters (lactones) is 2. The molecule has 9 aliphatic carbocycles. The average molecular weight is 376 g/mol. The van der Waals surface area contributed by atoms with E-state index in [1.165, 1.54) is 0 Å². The number of allylic oxidation sites excluding steroid dienone is 6. The van der Waals surface area contributed by atoms with Gasteiger partial charge in [-0.1, -0.05) is 36.5 Å². The van der Waals surface area contributed by atoms with Gasteiger partial charge in [-0.2, -0.15) is 0 Å². The monoisotopic (exact) mass is 376 g/mol. The van der Waals surface area contributed by atoms with Gasteiger partial charge in [-0.15, -0.1) is 0 Å². The van der Waals surface area contributed by atoms with E-state index in [9.17, 15) is 9.59 Å². The highest BCUT2D eigenvalue weighted by Gasteiger charge is 2.70. The van der Waals surface area contributed by atoms with Gasteiger partial charge in [0.1, 0.15) is 0 Å². The summed E-state index contributed by atoms with van der Waals surface area (Å²) in [5.41, 5.74) is 0. The molecule has 28 heavy (non-hydrogen) atoms. The lowest BCUT2D eigenvalue weighted by Crippen LogP contribution is -2.65. The molecule has 0 radical (unpaired) electrons. The van der Waals surface area contributed by atoms with Gasteiger partial charge in [0, 0.05) is 0 Å². The van der Waals surface area contributed by atoms with Crippen molar-refractivity contribution < 1.29 is 19.1 Å². The predicted octanol–water partition coefficient (Wildman–Crippen LogP) is 2.48. The average Bonchev–Trinajstić information content (AvgIpc) is 3.36. The third kappa shape index (κ3) is 1.46. The van der Waals surface area contributed by atoms with E-state index in [1.54, 1.807) is 0 Å². The number of hydrogen-bond acceptors (Lipinski definition) is 4. The summed E-state index contributed by atoms with van der Waals surface area (Å²) in [6, 6.07) is 0. The van der Waals surface area contributed by atoms with Crippen LogP contribution in [0.4, 0.5) is 0 Å². The van der Waals surface area contributed by atoms with Crippen molar-refractivity contribution in [2.24, 2.45) is 82.9 Å². The molecule has 0 spiro atoms. The smallest absolute Gasteiger partial charge is 0.318 e. The minimum atomic E-state index is -0.260. The van der Waals surface area contributed by atoms with Crippen LogP contribution in [0.15, 0.2) is 36.5 Å². The highest BCUT2D eigenvalue weighted by molar-refractivity contribution is 5.97. The van der Waals surface area contributed by atoms with Crippen LogP contribution in [-0.2, 0) is 19.1 Å². The lowest BCUT2D eigenvalue weighted by molar-refractivity contribution is -0.161. The molecule has 2 heterocycles. The third-order valence-electron chi connectivity index (χ3n) is 10.2. The van der Waals surface area contributed by atoms with Crippen LogP contribution in [0, 0.1) is 82.9 Å². The fraction of sp³-hybridized carbons (Fsp3) is 0.667. The Morgan fingerprint density at radius 3 is 1.46 bits per heavy atom. The van der Waals surface area contributed by atoms with Crippen molar-refractivity contribution in [2.75, 3.05) is 13.2 Å². The summed E-state index contributed by atoms with van der Waals surface area (Å²) in [5.74, 6) is 5.43. The van der Waals surface area contributed by atoms with E-state index in [2.05, 4.69) is 36.5 Å². The molecule has 0 amide bonds. The molecular weight excluding hydrogens is 352 g/mol. The Balaban J connectivity index is 1.28. The normalized spacial score (nSPS) is 63.3. The molecule has 2 saturated heterocycles. The maximum Gasteiger partial charge on any atom is 0.318 e. The molecule has 0 aromatic heterocycles. The summed E-state index contributed by atoms with van der Waals surface area (Å²) < 4.78 is 11.1. The van der Waals surface area contributed by atoms with Crippen molar-refractivity contribution in [1.29, 1.82) is 0 Å². The highest BCUT2D eigenvalue weighted by Crippen LogP contribution is 2.71. The first-order chi connectivity index (χ1) is 13.7. The molecule has 144 valence electrons. The van der Waals surface area contributed by atoms with Crippen molar-refractivity contribution in [3.8, 4) is 0 Å². The van der Waals surface area contributed by atoms with Gasteiger partial charge in [0.15, 0.2) is 0 Å². The predicted molar refractivity (Wildman–Crippen MR) is 98.2 cm³/mol. The molecular formula is C24H24O4. The second-order valence-corrected chi connectivity index (χ2v) is 10.6. The second kappa shape index (κ2) is 4.72. The zero-order chi connectivity index (χ0) is 18.3. The summed E-state index contributed by atoms with van der Waals surface area (Å²) in [6.07, 6.45) is 14.6. The van der Waals surface area contributed by atoms with E-state index in [1.807, 2.05) is 0 Å². The summed E-state index contributed by atoms with van der Waals surface area (Å²) in [6.45, 7) is 1.85.